The average Bonchev–Trinajstić information content (AvgIpc) is 3.40. The van der Waals surface area contributed by atoms with Crippen LogP contribution in [0.25, 0.3) is 21.5 Å². The van der Waals surface area contributed by atoms with E-state index in [1.165, 1.54) is 17.0 Å². The van der Waals surface area contributed by atoms with Crippen molar-refractivity contribution < 1.29 is 22.5 Å². The van der Waals surface area contributed by atoms with Gasteiger partial charge in [0.2, 0.25) is 0 Å². The number of alkyl halides is 3. The third kappa shape index (κ3) is 5.35. The van der Waals surface area contributed by atoms with E-state index in [9.17, 15) is 18.0 Å². The number of carbonyl (C=O) groups is 1. The van der Waals surface area contributed by atoms with Gasteiger partial charge in [-0.3, -0.25) is 9.69 Å². The first kappa shape index (κ1) is 24.7. The van der Waals surface area contributed by atoms with Crippen LogP contribution in [0.4, 0.5) is 18.3 Å². The maximum Gasteiger partial charge on any atom is 0.418 e. The van der Waals surface area contributed by atoms with Gasteiger partial charge in [-0.1, -0.05) is 52.9 Å². The number of benzene rings is 2. The molecule has 0 unspecified atom stereocenters. The van der Waals surface area contributed by atoms with Crippen molar-refractivity contribution >= 4 is 45.0 Å². The first-order chi connectivity index (χ1) is 15.2. The molecule has 0 N–H and O–H groups in total. The number of hydrogen-bond acceptors (Lipinski definition) is 6. The van der Waals surface area contributed by atoms with Gasteiger partial charge in [-0.25, -0.2) is 4.98 Å². The predicted molar refractivity (Wildman–Crippen MR) is 124 cm³/mol. The normalized spacial score (nSPS) is 11.6. The highest BCUT2D eigenvalue weighted by atomic mass is 35.5. The number of halogens is 4. The summed E-state index contributed by atoms with van der Waals surface area (Å²) < 4.78 is 46.0. The highest BCUT2D eigenvalue weighted by Crippen LogP contribution is 2.38. The van der Waals surface area contributed by atoms with Crippen molar-refractivity contribution in [1.82, 2.24) is 15.0 Å². The number of likely N-dealkylation sites (N-methyl/N-ethyl adjacent to an activating group) is 1. The quantitative estimate of drug-likeness (QED) is 0.348. The molecule has 0 radical (unpaired) electrons. The molecule has 0 saturated carbocycles. The zero-order chi connectivity index (χ0) is 22.9. The molecule has 4 rings (SSSR count). The van der Waals surface area contributed by atoms with Gasteiger partial charge in [0, 0.05) is 24.7 Å². The molecule has 0 atom stereocenters. The topological polar surface area (TPSA) is 62.5 Å². The van der Waals surface area contributed by atoms with Crippen molar-refractivity contribution in [2.45, 2.75) is 6.18 Å². The lowest BCUT2D eigenvalue weighted by molar-refractivity contribution is -0.136. The lowest BCUT2D eigenvalue weighted by atomic mass is 10.1. The molecule has 11 heteroatoms. The largest absolute Gasteiger partial charge is 0.418 e. The third-order valence-corrected chi connectivity index (χ3v) is 5.79. The van der Waals surface area contributed by atoms with Gasteiger partial charge in [-0.05, 0) is 26.2 Å². The summed E-state index contributed by atoms with van der Waals surface area (Å²) in [6.07, 6.45) is -4.54. The van der Waals surface area contributed by atoms with E-state index in [0.29, 0.717) is 17.0 Å². The Hall–Kier alpha value is -2.95. The van der Waals surface area contributed by atoms with Gasteiger partial charge in [0.1, 0.15) is 0 Å². The Morgan fingerprint density at radius 1 is 1.06 bits per heavy atom. The molecule has 2 aromatic heterocycles. The third-order valence-electron chi connectivity index (χ3n) is 4.75. The summed E-state index contributed by atoms with van der Waals surface area (Å²) in [5.74, 6) is -0.0736. The lowest BCUT2D eigenvalue weighted by Gasteiger charge is -2.20. The summed E-state index contributed by atoms with van der Waals surface area (Å²) in [6.45, 7) is 0.706. The summed E-state index contributed by atoms with van der Waals surface area (Å²) >= 11 is 1.03. The molecule has 0 bridgehead atoms. The molecule has 0 aliphatic heterocycles. The molecule has 33 heavy (non-hydrogen) atoms. The number of carbonyl (C=O) groups excluding carboxylic acids is 1. The number of fused-ring (bicyclic) bond motifs is 1. The number of aromatic nitrogens is 2. The Morgan fingerprint density at radius 2 is 1.79 bits per heavy atom. The Balaban J connectivity index is 0.00000306. The van der Waals surface area contributed by atoms with Crippen molar-refractivity contribution in [2.24, 2.45) is 0 Å². The molecule has 0 aliphatic carbocycles. The first-order valence-corrected chi connectivity index (χ1v) is 10.5. The van der Waals surface area contributed by atoms with Crippen LogP contribution in [0, 0.1) is 0 Å². The van der Waals surface area contributed by atoms with Crippen LogP contribution in [0.5, 0.6) is 0 Å². The van der Waals surface area contributed by atoms with Gasteiger partial charge in [-0.2, -0.15) is 13.2 Å². The van der Waals surface area contributed by atoms with Crippen LogP contribution in [0.15, 0.2) is 59.1 Å². The zero-order valence-corrected chi connectivity index (χ0v) is 19.3. The fraction of sp³-hybridized carbons (Fsp3) is 0.227. The fourth-order valence-corrected chi connectivity index (χ4v) is 4.13. The second-order valence-corrected chi connectivity index (χ2v) is 8.36. The van der Waals surface area contributed by atoms with E-state index in [-0.39, 0.29) is 35.3 Å². The van der Waals surface area contributed by atoms with Gasteiger partial charge >= 0.3 is 6.18 Å². The molecular weight excluding hydrogens is 477 g/mol. The molecule has 6 nitrogen and oxygen atoms in total. The number of anilines is 1. The van der Waals surface area contributed by atoms with Crippen molar-refractivity contribution in [1.29, 1.82) is 0 Å². The van der Waals surface area contributed by atoms with E-state index in [1.807, 2.05) is 49.3 Å². The zero-order valence-electron chi connectivity index (χ0n) is 17.7. The van der Waals surface area contributed by atoms with Gasteiger partial charge in [0.05, 0.1) is 15.8 Å². The van der Waals surface area contributed by atoms with Crippen LogP contribution in [0.2, 0.25) is 0 Å². The number of rotatable bonds is 6. The van der Waals surface area contributed by atoms with Gasteiger partial charge in [0.25, 0.3) is 5.91 Å². The smallest absolute Gasteiger partial charge is 0.355 e. The van der Waals surface area contributed by atoms with E-state index >= 15 is 0 Å². The van der Waals surface area contributed by atoms with E-state index in [4.69, 9.17) is 4.52 Å². The Bertz CT molecular complexity index is 1240. The Kier molecular flexibility index (Phi) is 7.41. The van der Waals surface area contributed by atoms with E-state index < -0.39 is 17.6 Å². The van der Waals surface area contributed by atoms with Crippen molar-refractivity contribution in [3.8, 4) is 11.3 Å². The van der Waals surface area contributed by atoms with E-state index in [1.54, 1.807) is 6.07 Å². The van der Waals surface area contributed by atoms with Crippen LogP contribution in [0.1, 0.15) is 16.1 Å². The second kappa shape index (κ2) is 9.90. The van der Waals surface area contributed by atoms with E-state index in [2.05, 4.69) is 10.1 Å². The minimum absolute atomic E-state index is 0. The van der Waals surface area contributed by atoms with Gasteiger partial charge in [-0.15, -0.1) is 12.4 Å². The van der Waals surface area contributed by atoms with Gasteiger partial charge < -0.3 is 9.42 Å². The molecule has 0 aliphatic rings. The second-order valence-electron chi connectivity index (χ2n) is 7.35. The highest BCUT2D eigenvalue weighted by Gasteiger charge is 2.34. The monoisotopic (exact) mass is 496 g/mol. The summed E-state index contributed by atoms with van der Waals surface area (Å²) in [7, 11) is 3.68. The van der Waals surface area contributed by atoms with Crippen LogP contribution in [0.3, 0.4) is 0 Å². The standard InChI is InChI=1S/C22H19F3N4O2S.ClH/c1-28(2)11-12-29(20(30)16-13-17(31-27-16)14-7-4-3-5-8-14)21-26-19-15(22(23,24)25)9-6-10-18(19)32-21;/h3-10,13H,11-12H2,1-2H3;1H. The number of thiazole rings is 1. The Morgan fingerprint density at radius 3 is 2.45 bits per heavy atom. The highest BCUT2D eigenvalue weighted by molar-refractivity contribution is 7.22. The van der Waals surface area contributed by atoms with Crippen LogP contribution >= 0.6 is 23.7 Å². The Labute approximate surface area is 198 Å². The molecule has 0 spiro atoms. The molecule has 0 fully saturated rings. The molecular formula is C22H20ClF3N4O2S. The first-order valence-electron chi connectivity index (χ1n) is 9.69. The number of para-hydroxylation sites is 1. The number of nitrogens with zero attached hydrogens (tertiary/aromatic N) is 4. The van der Waals surface area contributed by atoms with Crippen LogP contribution in [-0.2, 0) is 6.18 Å². The maximum absolute atomic E-state index is 13.4. The molecule has 4 aromatic rings. The summed E-state index contributed by atoms with van der Waals surface area (Å²) in [6, 6.07) is 14.6. The van der Waals surface area contributed by atoms with Crippen molar-refractivity contribution in [3.05, 3.63) is 65.9 Å². The van der Waals surface area contributed by atoms with E-state index in [0.717, 1.165) is 23.0 Å². The summed E-state index contributed by atoms with van der Waals surface area (Å²) in [5, 5.41) is 4.07. The van der Waals surface area contributed by atoms with Crippen LogP contribution in [-0.4, -0.2) is 48.1 Å². The maximum atomic E-state index is 13.4. The summed E-state index contributed by atoms with van der Waals surface area (Å²) in [4.78, 5) is 20.7. The minimum Gasteiger partial charge on any atom is -0.355 e. The van der Waals surface area contributed by atoms with Crippen LogP contribution < -0.4 is 4.90 Å². The summed E-state index contributed by atoms with van der Waals surface area (Å²) in [5.41, 5.74) is -0.190. The minimum atomic E-state index is -4.54. The van der Waals surface area contributed by atoms with Crippen molar-refractivity contribution in [3.63, 3.8) is 0 Å². The lowest BCUT2D eigenvalue weighted by Crippen LogP contribution is -2.36. The molecule has 1 amide bonds. The number of hydrogen-bond donors (Lipinski definition) is 0. The van der Waals surface area contributed by atoms with Gasteiger partial charge in [0.15, 0.2) is 16.6 Å². The molecule has 2 heterocycles. The SMILES string of the molecule is CN(C)CCN(C(=O)c1cc(-c2ccccc2)on1)c1nc2c(C(F)(F)F)cccc2s1.Cl. The molecule has 2 aromatic carbocycles. The molecule has 174 valence electrons. The average molecular weight is 497 g/mol. The van der Waals surface area contributed by atoms with Crippen molar-refractivity contribution in [2.75, 3.05) is 32.1 Å². The fourth-order valence-electron chi connectivity index (χ4n) is 3.12. The number of amides is 1. The molecule has 0 saturated heterocycles. The predicted octanol–water partition coefficient (Wildman–Crippen LogP) is 5.60.